The number of nitro benzene ring substituents is 2. The van der Waals surface area contributed by atoms with Crippen molar-refractivity contribution in [3.63, 3.8) is 0 Å². The minimum absolute atomic E-state index is 0.0153. The summed E-state index contributed by atoms with van der Waals surface area (Å²) in [6, 6.07) is 19.0. The van der Waals surface area contributed by atoms with Crippen LogP contribution >= 0.6 is 31.9 Å². The molecule has 0 aliphatic carbocycles. The molecule has 0 radical (unpaired) electrons. The molecule has 0 aliphatic heterocycles. The van der Waals surface area contributed by atoms with Gasteiger partial charge in [-0.2, -0.15) is 0 Å². The lowest BCUT2D eigenvalue weighted by molar-refractivity contribution is -0.384. The first-order chi connectivity index (χ1) is 17.1. The predicted octanol–water partition coefficient (Wildman–Crippen LogP) is 6.69. The van der Waals surface area contributed by atoms with E-state index in [0.717, 1.165) is 0 Å². The first-order valence-corrected chi connectivity index (χ1v) is 12.9. The summed E-state index contributed by atoms with van der Waals surface area (Å²) in [5.41, 5.74) is 12.9. The number of anilines is 2. The Labute approximate surface area is 224 Å². The second-order valence-corrected chi connectivity index (χ2v) is 10.9. The van der Waals surface area contributed by atoms with Crippen molar-refractivity contribution in [2.45, 2.75) is 9.79 Å². The van der Waals surface area contributed by atoms with Crippen LogP contribution in [0.5, 0.6) is 0 Å². The van der Waals surface area contributed by atoms with E-state index >= 15 is 0 Å². The second-order valence-electron chi connectivity index (χ2n) is 7.61. The fourth-order valence-electron chi connectivity index (χ4n) is 3.64. The number of nitrogen functional groups attached to an aromatic ring is 2. The van der Waals surface area contributed by atoms with Crippen LogP contribution in [0.3, 0.4) is 0 Å². The fraction of sp³-hybridized carbons (Fsp3) is 0. The van der Waals surface area contributed by atoms with Gasteiger partial charge in [-0.15, -0.1) is 0 Å². The highest BCUT2D eigenvalue weighted by atomic mass is 79.9. The van der Waals surface area contributed by atoms with Crippen LogP contribution < -0.4 is 11.5 Å². The first kappa shape index (κ1) is 25.5. The number of hydrogen-bond donors (Lipinski definition) is 2. The number of rotatable bonds is 6. The maximum absolute atomic E-state index is 14.0. The van der Waals surface area contributed by atoms with Crippen LogP contribution in [0, 0.1) is 20.2 Å². The molecule has 0 amide bonds. The molecule has 4 N–H and O–H groups in total. The summed E-state index contributed by atoms with van der Waals surface area (Å²) >= 11 is 6.82. The maximum Gasteiger partial charge on any atom is 0.292 e. The van der Waals surface area contributed by atoms with Gasteiger partial charge in [0.2, 0.25) is 0 Å². The predicted molar refractivity (Wildman–Crippen MR) is 146 cm³/mol. The standard InChI is InChI=1S/C24H16Br2N4O5S/c25-15-3-7-23(17(11-15)13-1-5-19(27)21(9-13)29(31)32)36(35)24-8-4-16(26)12-18(24)14-2-6-20(28)22(10-14)30(33)34/h1-12H,27-28H2. The molecule has 0 bridgehead atoms. The van der Waals surface area contributed by atoms with Gasteiger partial charge in [-0.25, -0.2) is 4.21 Å². The summed E-state index contributed by atoms with van der Waals surface area (Å²) in [6.07, 6.45) is 0. The van der Waals surface area contributed by atoms with Crippen molar-refractivity contribution in [3.05, 3.63) is 102 Å². The summed E-state index contributed by atoms with van der Waals surface area (Å²) in [4.78, 5) is 22.5. The minimum Gasteiger partial charge on any atom is -0.393 e. The van der Waals surface area contributed by atoms with Gasteiger partial charge in [0.25, 0.3) is 11.4 Å². The Bertz CT molecular complexity index is 1460. The molecule has 0 atom stereocenters. The molecule has 0 aromatic heterocycles. The zero-order valence-electron chi connectivity index (χ0n) is 18.2. The molecule has 182 valence electrons. The quantitative estimate of drug-likeness (QED) is 0.136. The average molecular weight is 632 g/mol. The molecule has 36 heavy (non-hydrogen) atoms. The minimum atomic E-state index is -1.78. The van der Waals surface area contributed by atoms with Gasteiger partial charge in [0, 0.05) is 21.1 Å². The molecular weight excluding hydrogens is 616 g/mol. The van der Waals surface area contributed by atoms with Crippen LogP contribution in [-0.2, 0) is 10.8 Å². The van der Waals surface area contributed by atoms with Crippen molar-refractivity contribution in [1.29, 1.82) is 0 Å². The summed E-state index contributed by atoms with van der Waals surface area (Å²) < 4.78 is 15.4. The van der Waals surface area contributed by atoms with Gasteiger partial charge < -0.3 is 11.5 Å². The largest absolute Gasteiger partial charge is 0.393 e. The lowest BCUT2D eigenvalue weighted by Crippen LogP contribution is -2.01. The van der Waals surface area contributed by atoms with Gasteiger partial charge in [0.15, 0.2) is 0 Å². The maximum atomic E-state index is 14.0. The SMILES string of the molecule is Nc1ccc(-c2cc(Br)ccc2S(=O)c2ccc(Br)cc2-c2ccc(N)c([N+](=O)[O-])c2)cc1[N+](=O)[O-]. The van der Waals surface area contributed by atoms with Crippen molar-refractivity contribution < 1.29 is 14.1 Å². The van der Waals surface area contributed by atoms with Crippen LogP contribution in [0.2, 0.25) is 0 Å². The molecule has 0 unspecified atom stereocenters. The summed E-state index contributed by atoms with van der Waals surface area (Å²) in [5.74, 6) is 0. The van der Waals surface area contributed by atoms with E-state index in [0.29, 0.717) is 41.0 Å². The molecule has 0 fully saturated rings. The van der Waals surface area contributed by atoms with Crippen LogP contribution in [0.25, 0.3) is 22.3 Å². The number of nitrogens with zero attached hydrogens (tertiary/aromatic N) is 2. The van der Waals surface area contributed by atoms with E-state index in [1.54, 1.807) is 48.5 Å². The van der Waals surface area contributed by atoms with E-state index in [4.69, 9.17) is 11.5 Å². The van der Waals surface area contributed by atoms with Crippen molar-refractivity contribution in [2.24, 2.45) is 0 Å². The van der Waals surface area contributed by atoms with E-state index in [2.05, 4.69) is 31.9 Å². The molecular formula is C24H16Br2N4O5S. The fourth-order valence-corrected chi connectivity index (χ4v) is 5.73. The molecule has 0 saturated heterocycles. The highest BCUT2D eigenvalue weighted by molar-refractivity contribution is 9.10. The normalized spacial score (nSPS) is 11.0. The van der Waals surface area contributed by atoms with Crippen LogP contribution in [-0.4, -0.2) is 14.1 Å². The number of halogens is 2. The van der Waals surface area contributed by atoms with Crippen molar-refractivity contribution >= 4 is 65.4 Å². The number of nitro groups is 2. The first-order valence-electron chi connectivity index (χ1n) is 10.2. The molecule has 4 rings (SSSR count). The smallest absolute Gasteiger partial charge is 0.292 e. The zero-order valence-corrected chi connectivity index (χ0v) is 22.2. The Kier molecular flexibility index (Phi) is 7.20. The van der Waals surface area contributed by atoms with Gasteiger partial charge in [-0.05, 0) is 70.8 Å². The van der Waals surface area contributed by atoms with Crippen LogP contribution in [0.4, 0.5) is 22.7 Å². The lowest BCUT2D eigenvalue weighted by atomic mass is 10.0. The van der Waals surface area contributed by atoms with Crippen molar-refractivity contribution in [1.82, 2.24) is 0 Å². The molecule has 12 heteroatoms. The van der Waals surface area contributed by atoms with Gasteiger partial charge in [-0.3, -0.25) is 20.2 Å². The van der Waals surface area contributed by atoms with Gasteiger partial charge in [-0.1, -0.05) is 44.0 Å². The Hall–Kier alpha value is -3.61. The molecule has 0 aliphatic rings. The van der Waals surface area contributed by atoms with Gasteiger partial charge in [0.05, 0.1) is 30.4 Å². The average Bonchev–Trinajstić information content (AvgIpc) is 2.84. The zero-order chi connectivity index (χ0) is 26.1. The molecule has 4 aromatic rings. The number of nitrogens with two attached hydrogens (primary N) is 2. The van der Waals surface area contributed by atoms with E-state index in [9.17, 15) is 24.4 Å². The number of benzene rings is 4. The van der Waals surface area contributed by atoms with E-state index < -0.39 is 20.6 Å². The second kappa shape index (κ2) is 10.2. The lowest BCUT2D eigenvalue weighted by Gasteiger charge is -2.15. The molecule has 0 spiro atoms. The van der Waals surface area contributed by atoms with Crippen molar-refractivity contribution in [2.75, 3.05) is 11.5 Å². The Morgan fingerprint density at radius 1 is 0.639 bits per heavy atom. The summed E-state index contributed by atoms with van der Waals surface area (Å²) in [5, 5.41) is 22.9. The third-order valence-corrected chi connectivity index (χ3v) is 7.86. The van der Waals surface area contributed by atoms with E-state index in [1.807, 2.05) is 0 Å². The summed E-state index contributed by atoms with van der Waals surface area (Å²) in [6.45, 7) is 0. The molecule has 0 heterocycles. The third kappa shape index (κ3) is 5.01. The number of hydrogen-bond acceptors (Lipinski definition) is 7. The highest BCUT2D eigenvalue weighted by Gasteiger charge is 2.22. The Morgan fingerprint density at radius 3 is 1.39 bits per heavy atom. The monoisotopic (exact) mass is 630 g/mol. The third-order valence-electron chi connectivity index (χ3n) is 5.36. The highest BCUT2D eigenvalue weighted by Crippen LogP contribution is 2.39. The summed E-state index contributed by atoms with van der Waals surface area (Å²) in [7, 11) is -1.78. The Morgan fingerprint density at radius 2 is 1.03 bits per heavy atom. The van der Waals surface area contributed by atoms with Crippen LogP contribution in [0.15, 0.2) is 91.5 Å². The molecule has 9 nitrogen and oxygen atoms in total. The van der Waals surface area contributed by atoms with Gasteiger partial charge in [0.1, 0.15) is 11.4 Å². The van der Waals surface area contributed by atoms with Gasteiger partial charge >= 0.3 is 0 Å². The van der Waals surface area contributed by atoms with Crippen LogP contribution in [0.1, 0.15) is 0 Å². The molecule has 4 aromatic carbocycles. The topological polar surface area (TPSA) is 155 Å². The molecule has 0 saturated carbocycles. The Balaban J connectivity index is 1.91. The van der Waals surface area contributed by atoms with E-state index in [1.165, 1.54) is 24.3 Å². The van der Waals surface area contributed by atoms with E-state index in [-0.39, 0.29) is 22.7 Å². The van der Waals surface area contributed by atoms with Crippen molar-refractivity contribution in [3.8, 4) is 22.3 Å².